The normalized spacial score (nSPS) is 18.4. The van der Waals surface area contributed by atoms with Gasteiger partial charge in [0, 0.05) is 31.1 Å². The van der Waals surface area contributed by atoms with Crippen molar-refractivity contribution >= 4 is 17.2 Å². The lowest BCUT2D eigenvalue weighted by molar-refractivity contribution is 0.0684. The van der Waals surface area contributed by atoms with Gasteiger partial charge in [-0.05, 0) is 44.9 Å². The highest BCUT2D eigenvalue weighted by atomic mass is 32.1. The van der Waals surface area contributed by atoms with Crippen LogP contribution in [0.15, 0.2) is 6.07 Å². The molecule has 4 nitrogen and oxygen atoms in total. The summed E-state index contributed by atoms with van der Waals surface area (Å²) in [5, 5.41) is 3.46. The molecule has 1 fully saturated rings. The molecule has 2 heterocycles. The highest BCUT2D eigenvalue weighted by Crippen LogP contribution is 2.22. The van der Waals surface area contributed by atoms with E-state index in [2.05, 4.69) is 19.2 Å². The fraction of sp³-hybridized carbons (Fsp3) is 0.667. The van der Waals surface area contributed by atoms with Gasteiger partial charge in [0.25, 0.3) is 5.91 Å². The molecule has 1 aliphatic rings. The number of rotatable bonds is 6. The molecule has 1 amide bonds. The number of carbonyl (C=O) groups excluding carboxylic acids is 1. The molecule has 0 aliphatic carbocycles. The van der Waals surface area contributed by atoms with E-state index < -0.39 is 0 Å². The van der Waals surface area contributed by atoms with Crippen molar-refractivity contribution in [2.75, 3.05) is 33.4 Å². The average Bonchev–Trinajstić information content (AvgIpc) is 3.05. The number of methoxy groups -OCH3 is 1. The lowest BCUT2D eigenvalue weighted by Gasteiger charge is -2.25. The Morgan fingerprint density at radius 3 is 2.90 bits per heavy atom. The monoisotopic (exact) mass is 296 g/mol. The molecule has 0 spiro atoms. The summed E-state index contributed by atoms with van der Waals surface area (Å²) < 4.78 is 5.14. The third-order valence-corrected chi connectivity index (χ3v) is 4.97. The second-order valence-corrected chi connectivity index (χ2v) is 6.64. The van der Waals surface area contributed by atoms with Gasteiger partial charge in [0.1, 0.15) is 0 Å². The Kier molecular flexibility index (Phi) is 5.57. The lowest BCUT2D eigenvalue weighted by atomic mass is 10.2. The first-order valence-electron chi connectivity index (χ1n) is 7.20. The molecule has 1 atom stereocenters. The summed E-state index contributed by atoms with van der Waals surface area (Å²) in [6, 6.07) is 2.43. The molecule has 1 saturated heterocycles. The van der Waals surface area contributed by atoms with Gasteiger partial charge in [0.2, 0.25) is 0 Å². The van der Waals surface area contributed by atoms with Crippen molar-refractivity contribution in [1.82, 2.24) is 10.2 Å². The van der Waals surface area contributed by atoms with E-state index >= 15 is 0 Å². The molecule has 5 heteroatoms. The molecule has 1 aromatic rings. The van der Waals surface area contributed by atoms with Gasteiger partial charge in [0.15, 0.2) is 0 Å². The molecule has 1 aromatic heterocycles. The SMILES string of the molecule is COCCN(CC1CCCN1)C(=O)c1cc(C)c(C)s1. The Bertz CT molecular complexity index is 433. The maximum atomic E-state index is 12.7. The van der Waals surface area contributed by atoms with Crippen molar-refractivity contribution in [2.45, 2.75) is 32.7 Å². The van der Waals surface area contributed by atoms with Gasteiger partial charge in [-0.1, -0.05) is 0 Å². The van der Waals surface area contributed by atoms with E-state index in [1.54, 1.807) is 18.4 Å². The van der Waals surface area contributed by atoms with Crippen LogP contribution in [0.2, 0.25) is 0 Å². The highest BCUT2D eigenvalue weighted by Gasteiger charge is 2.23. The molecule has 2 rings (SSSR count). The summed E-state index contributed by atoms with van der Waals surface area (Å²) in [5.41, 5.74) is 1.20. The van der Waals surface area contributed by atoms with E-state index in [-0.39, 0.29) is 5.91 Å². The molecule has 112 valence electrons. The number of nitrogens with one attached hydrogen (secondary N) is 1. The minimum absolute atomic E-state index is 0.136. The van der Waals surface area contributed by atoms with Crippen LogP contribution in [0, 0.1) is 13.8 Å². The summed E-state index contributed by atoms with van der Waals surface area (Å²) in [5.74, 6) is 0.136. The summed E-state index contributed by atoms with van der Waals surface area (Å²) >= 11 is 1.59. The van der Waals surface area contributed by atoms with Crippen molar-refractivity contribution in [3.63, 3.8) is 0 Å². The number of carbonyl (C=O) groups is 1. The number of nitrogens with zero attached hydrogens (tertiary/aromatic N) is 1. The van der Waals surface area contributed by atoms with Gasteiger partial charge in [-0.25, -0.2) is 0 Å². The average molecular weight is 296 g/mol. The van der Waals surface area contributed by atoms with Gasteiger partial charge < -0.3 is 15.0 Å². The fourth-order valence-electron chi connectivity index (χ4n) is 2.49. The number of thiophene rings is 1. The summed E-state index contributed by atoms with van der Waals surface area (Å²) in [6.45, 7) is 7.20. The number of aryl methyl sites for hydroxylation is 2. The third kappa shape index (κ3) is 3.81. The molecule has 20 heavy (non-hydrogen) atoms. The Balaban J connectivity index is 2.05. The topological polar surface area (TPSA) is 41.6 Å². The Hall–Kier alpha value is -0.910. The molecule has 1 aliphatic heterocycles. The highest BCUT2D eigenvalue weighted by molar-refractivity contribution is 7.14. The quantitative estimate of drug-likeness (QED) is 0.875. The number of hydrogen-bond donors (Lipinski definition) is 1. The van der Waals surface area contributed by atoms with Gasteiger partial charge in [-0.2, -0.15) is 0 Å². The number of amides is 1. The summed E-state index contributed by atoms with van der Waals surface area (Å²) in [6.07, 6.45) is 2.35. The molecular weight excluding hydrogens is 272 g/mol. The molecule has 1 unspecified atom stereocenters. The third-order valence-electron chi connectivity index (χ3n) is 3.83. The Morgan fingerprint density at radius 2 is 2.35 bits per heavy atom. The minimum atomic E-state index is 0.136. The maximum absolute atomic E-state index is 12.7. The second-order valence-electron chi connectivity index (χ2n) is 5.39. The van der Waals surface area contributed by atoms with Crippen molar-refractivity contribution < 1.29 is 9.53 Å². The largest absolute Gasteiger partial charge is 0.383 e. The van der Waals surface area contributed by atoms with Crippen molar-refractivity contribution in [1.29, 1.82) is 0 Å². The van der Waals surface area contributed by atoms with E-state index in [4.69, 9.17) is 4.74 Å². The first kappa shape index (κ1) is 15.5. The molecule has 0 aromatic carbocycles. The Morgan fingerprint density at radius 1 is 1.55 bits per heavy atom. The maximum Gasteiger partial charge on any atom is 0.264 e. The van der Waals surface area contributed by atoms with Crippen LogP contribution in [0.3, 0.4) is 0 Å². The van der Waals surface area contributed by atoms with Crippen molar-refractivity contribution in [3.8, 4) is 0 Å². The molecule has 0 bridgehead atoms. The predicted octanol–water partition coefficient (Wildman–Crippen LogP) is 2.21. The predicted molar refractivity (Wildman–Crippen MR) is 82.6 cm³/mol. The first-order valence-corrected chi connectivity index (χ1v) is 8.02. The standard InChI is InChI=1S/C15H24N2O2S/c1-11-9-14(20-12(11)2)15(18)17(7-8-19-3)10-13-5-4-6-16-13/h9,13,16H,4-8,10H2,1-3H3. The van der Waals surface area contributed by atoms with Crippen LogP contribution in [0.1, 0.15) is 33.0 Å². The van der Waals surface area contributed by atoms with Crippen LogP contribution in [-0.2, 0) is 4.74 Å². The van der Waals surface area contributed by atoms with Crippen molar-refractivity contribution in [3.05, 3.63) is 21.4 Å². The van der Waals surface area contributed by atoms with Crippen LogP contribution >= 0.6 is 11.3 Å². The summed E-state index contributed by atoms with van der Waals surface area (Å²) in [4.78, 5) is 16.6. The van der Waals surface area contributed by atoms with Crippen molar-refractivity contribution in [2.24, 2.45) is 0 Å². The van der Waals surface area contributed by atoms with Gasteiger partial charge in [-0.3, -0.25) is 4.79 Å². The van der Waals surface area contributed by atoms with Crippen LogP contribution < -0.4 is 5.32 Å². The zero-order valence-corrected chi connectivity index (χ0v) is 13.4. The zero-order valence-electron chi connectivity index (χ0n) is 12.6. The van der Waals surface area contributed by atoms with Crippen LogP contribution in [0.25, 0.3) is 0 Å². The van der Waals surface area contributed by atoms with Crippen LogP contribution in [0.5, 0.6) is 0 Å². The smallest absolute Gasteiger partial charge is 0.264 e. The molecule has 1 N–H and O–H groups in total. The Labute approximate surface area is 125 Å². The second kappa shape index (κ2) is 7.20. The van der Waals surface area contributed by atoms with E-state index in [9.17, 15) is 4.79 Å². The van der Waals surface area contributed by atoms with E-state index in [1.807, 2.05) is 11.0 Å². The van der Waals surface area contributed by atoms with Gasteiger partial charge >= 0.3 is 0 Å². The van der Waals surface area contributed by atoms with E-state index in [0.717, 1.165) is 24.4 Å². The minimum Gasteiger partial charge on any atom is -0.383 e. The zero-order chi connectivity index (χ0) is 14.5. The van der Waals surface area contributed by atoms with Crippen LogP contribution in [0.4, 0.5) is 0 Å². The van der Waals surface area contributed by atoms with Crippen LogP contribution in [-0.4, -0.2) is 50.2 Å². The van der Waals surface area contributed by atoms with Gasteiger partial charge in [0.05, 0.1) is 11.5 Å². The molecule has 0 radical (unpaired) electrons. The number of ether oxygens (including phenoxy) is 1. The molecular formula is C15H24N2O2S. The van der Waals surface area contributed by atoms with E-state index in [0.29, 0.717) is 19.2 Å². The molecule has 0 saturated carbocycles. The van der Waals surface area contributed by atoms with E-state index in [1.165, 1.54) is 16.9 Å². The summed E-state index contributed by atoms with van der Waals surface area (Å²) in [7, 11) is 1.68. The fourth-order valence-corrected chi connectivity index (χ4v) is 3.49. The first-order chi connectivity index (χ1) is 9.61. The lowest BCUT2D eigenvalue weighted by Crippen LogP contribution is -2.42. The number of hydrogen-bond acceptors (Lipinski definition) is 4. The van der Waals surface area contributed by atoms with Gasteiger partial charge in [-0.15, -0.1) is 11.3 Å².